The molecule has 1 atom stereocenters. The third-order valence-electron chi connectivity index (χ3n) is 3.87. The largest absolute Gasteiger partial charge is 0.489 e. The number of thioether (sulfide) groups is 1. The van der Waals surface area contributed by atoms with Crippen molar-refractivity contribution < 1.29 is 4.74 Å². The Hall–Kier alpha value is -0.670. The zero-order chi connectivity index (χ0) is 12.4. The van der Waals surface area contributed by atoms with Gasteiger partial charge in [-0.3, -0.25) is 4.90 Å². The lowest BCUT2D eigenvalue weighted by atomic mass is 10.1. The molecule has 0 saturated carbocycles. The Balaban J connectivity index is 1.80. The average molecular weight is 263 g/mol. The van der Waals surface area contributed by atoms with E-state index in [1.807, 2.05) is 0 Å². The van der Waals surface area contributed by atoms with Crippen molar-refractivity contribution in [2.45, 2.75) is 38.5 Å². The van der Waals surface area contributed by atoms with E-state index in [-0.39, 0.29) is 0 Å². The van der Waals surface area contributed by atoms with Gasteiger partial charge in [-0.15, -0.1) is 0 Å². The number of ether oxygens (including phenoxy) is 1. The van der Waals surface area contributed by atoms with Crippen LogP contribution < -0.4 is 4.74 Å². The van der Waals surface area contributed by atoms with Crippen LogP contribution in [0, 0.1) is 0 Å². The zero-order valence-electron chi connectivity index (χ0n) is 11.0. The van der Waals surface area contributed by atoms with Crippen molar-refractivity contribution in [1.82, 2.24) is 4.90 Å². The highest BCUT2D eigenvalue weighted by Gasteiger charge is 2.26. The van der Waals surface area contributed by atoms with Crippen LogP contribution in [0.4, 0.5) is 0 Å². The highest BCUT2D eigenvalue weighted by molar-refractivity contribution is 7.99. The topological polar surface area (TPSA) is 12.5 Å². The van der Waals surface area contributed by atoms with Crippen molar-refractivity contribution >= 4 is 11.8 Å². The first-order valence-electron chi connectivity index (χ1n) is 6.89. The molecule has 0 N–H and O–H groups in total. The Morgan fingerprint density at radius 1 is 1.22 bits per heavy atom. The predicted octanol–water partition coefficient (Wildman–Crippen LogP) is 3.17. The highest BCUT2D eigenvalue weighted by Crippen LogP contribution is 2.29. The van der Waals surface area contributed by atoms with Crippen molar-refractivity contribution in [3.63, 3.8) is 0 Å². The molecule has 3 rings (SSSR count). The van der Waals surface area contributed by atoms with Gasteiger partial charge in [0.05, 0.1) is 0 Å². The second-order valence-electron chi connectivity index (χ2n) is 5.31. The summed E-state index contributed by atoms with van der Waals surface area (Å²) in [5.41, 5.74) is 1.35. The van der Waals surface area contributed by atoms with Gasteiger partial charge in [0.2, 0.25) is 0 Å². The molecule has 0 aromatic heterocycles. The van der Waals surface area contributed by atoms with Gasteiger partial charge in [-0.1, -0.05) is 18.2 Å². The molecule has 2 aliphatic rings. The van der Waals surface area contributed by atoms with Gasteiger partial charge in [0.15, 0.2) is 0 Å². The van der Waals surface area contributed by atoms with Crippen molar-refractivity contribution in [1.29, 1.82) is 0 Å². The molecule has 2 nitrogen and oxygen atoms in total. The first-order valence-corrected chi connectivity index (χ1v) is 8.05. The van der Waals surface area contributed by atoms with Crippen LogP contribution in [0.15, 0.2) is 24.3 Å². The monoisotopic (exact) mass is 263 g/mol. The second-order valence-corrected chi connectivity index (χ2v) is 6.53. The third kappa shape index (κ3) is 2.67. The molecule has 2 heterocycles. The van der Waals surface area contributed by atoms with Gasteiger partial charge in [0, 0.05) is 24.7 Å². The van der Waals surface area contributed by atoms with E-state index in [1.165, 1.54) is 29.9 Å². The number of hydrogen-bond acceptors (Lipinski definition) is 3. The molecule has 3 heteroatoms. The summed E-state index contributed by atoms with van der Waals surface area (Å²) in [6.45, 7) is 4.30. The average Bonchev–Trinajstić information content (AvgIpc) is 2.57. The molecule has 1 aromatic rings. The van der Waals surface area contributed by atoms with E-state index in [9.17, 15) is 0 Å². The minimum absolute atomic E-state index is 0.295. The summed E-state index contributed by atoms with van der Waals surface area (Å²) in [5.74, 6) is 3.72. The first kappa shape index (κ1) is 12.4. The maximum absolute atomic E-state index is 6.03. The number of rotatable bonds is 1. The summed E-state index contributed by atoms with van der Waals surface area (Å²) < 4.78 is 6.03. The smallest absolute Gasteiger partial charge is 0.124 e. The van der Waals surface area contributed by atoms with E-state index in [4.69, 9.17) is 4.74 Å². The Kier molecular flexibility index (Phi) is 3.80. The standard InChI is InChI=1S/C15H21NOS/c1-12-10-16(14-6-8-18-9-7-14)11-13-4-2-3-5-15(13)17-12/h2-5,12,14H,6-11H2,1H3/t12-/m0/s1. The van der Waals surface area contributed by atoms with E-state index in [0.29, 0.717) is 6.10 Å². The lowest BCUT2D eigenvalue weighted by Crippen LogP contribution is -2.41. The highest BCUT2D eigenvalue weighted by atomic mass is 32.2. The Bertz CT molecular complexity index is 403. The maximum Gasteiger partial charge on any atom is 0.124 e. The van der Waals surface area contributed by atoms with Crippen LogP contribution in [0.25, 0.3) is 0 Å². The predicted molar refractivity (Wildman–Crippen MR) is 77.3 cm³/mol. The maximum atomic E-state index is 6.03. The molecule has 18 heavy (non-hydrogen) atoms. The van der Waals surface area contributed by atoms with Crippen molar-refractivity contribution in [2.24, 2.45) is 0 Å². The second kappa shape index (κ2) is 5.54. The van der Waals surface area contributed by atoms with Gasteiger partial charge < -0.3 is 4.74 Å². The normalized spacial score (nSPS) is 26.2. The molecule has 0 spiro atoms. The first-order chi connectivity index (χ1) is 8.83. The summed E-state index contributed by atoms with van der Waals surface area (Å²) in [5, 5.41) is 0. The number of hydrogen-bond donors (Lipinski definition) is 0. The van der Waals surface area contributed by atoms with E-state index in [0.717, 1.165) is 24.9 Å². The fourth-order valence-corrected chi connectivity index (χ4v) is 4.03. The third-order valence-corrected chi connectivity index (χ3v) is 4.92. The van der Waals surface area contributed by atoms with Gasteiger partial charge >= 0.3 is 0 Å². The minimum Gasteiger partial charge on any atom is -0.489 e. The molecule has 0 radical (unpaired) electrons. The van der Waals surface area contributed by atoms with Gasteiger partial charge in [0.25, 0.3) is 0 Å². The number of benzene rings is 1. The molecule has 2 aliphatic heterocycles. The van der Waals surface area contributed by atoms with E-state index in [2.05, 4.69) is 47.9 Å². The molecule has 0 aliphatic carbocycles. The SMILES string of the molecule is C[C@H]1CN(C2CCSCC2)Cc2ccccc2O1. The lowest BCUT2D eigenvalue weighted by molar-refractivity contribution is 0.120. The van der Waals surface area contributed by atoms with Crippen LogP contribution >= 0.6 is 11.8 Å². The van der Waals surface area contributed by atoms with E-state index in [1.54, 1.807) is 0 Å². The Morgan fingerprint density at radius 2 is 2.00 bits per heavy atom. The van der Waals surface area contributed by atoms with Gasteiger partial charge in [-0.2, -0.15) is 11.8 Å². The summed E-state index contributed by atoms with van der Waals surface area (Å²) in [7, 11) is 0. The molecule has 0 amide bonds. The summed E-state index contributed by atoms with van der Waals surface area (Å²) in [6.07, 6.45) is 2.96. The summed E-state index contributed by atoms with van der Waals surface area (Å²) in [4.78, 5) is 2.64. The Labute approximate surface area is 114 Å². The number of nitrogens with zero attached hydrogens (tertiary/aromatic N) is 1. The fraction of sp³-hybridized carbons (Fsp3) is 0.600. The van der Waals surface area contributed by atoms with Crippen molar-refractivity contribution in [3.05, 3.63) is 29.8 Å². The van der Waals surface area contributed by atoms with Crippen molar-refractivity contribution in [2.75, 3.05) is 18.1 Å². The fourth-order valence-electron chi connectivity index (χ4n) is 2.95. The molecular weight excluding hydrogens is 242 g/mol. The summed E-state index contributed by atoms with van der Waals surface area (Å²) in [6, 6.07) is 9.25. The van der Waals surface area contributed by atoms with Gasteiger partial charge in [-0.05, 0) is 37.3 Å². The lowest BCUT2D eigenvalue weighted by Gasteiger charge is -2.33. The van der Waals surface area contributed by atoms with Crippen LogP contribution in [0.1, 0.15) is 25.3 Å². The van der Waals surface area contributed by atoms with Crippen LogP contribution in [-0.2, 0) is 6.54 Å². The van der Waals surface area contributed by atoms with Crippen LogP contribution in [0.5, 0.6) is 5.75 Å². The Morgan fingerprint density at radius 3 is 2.83 bits per heavy atom. The van der Waals surface area contributed by atoms with Crippen LogP contribution in [0.2, 0.25) is 0 Å². The summed E-state index contributed by atoms with van der Waals surface area (Å²) >= 11 is 2.10. The number of para-hydroxylation sites is 1. The van der Waals surface area contributed by atoms with Gasteiger partial charge in [0.1, 0.15) is 11.9 Å². The van der Waals surface area contributed by atoms with Crippen LogP contribution in [-0.4, -0.2) is 35.1 Å². The van der Waals surface area contributed by atoms with Crippen molar-refractivity contribution in [3.8, 4) is 5.75 Å². The molecule has 1 fully saturated rings. The van der Waals surface area contributed by atoms with E-state index < -0.39 is 0 Å². The molecule has 0 bridgehead atoms. The minimum atomic E-state index is 0.295. The molecule has 98 valence electrons. The molecule has 0 unspecified atom stereocenters. The van der Waals surface area contributed by atoms with Crippen LogP contribution in [0.3, 0.4) is 0 Å². The zero-order valence-corrected chi connectivity index (χ0v) is 11.8. The van der Waals surface area contributed by atoms with E-state index >= 15 is 0 Å². The van der Waals surface area contributed by atoms with Gasteiger partial charge in [-0.25, -0.2) is 0 Å². The molecule has 1 aromatic carbocycles. The number of fused-ring (bicyclic) bond motifs is 1. The molecular formula is C15H21NOS. The molecule has 1 saturated heterocycles. The quantitative estimate of drug-likeness (QED) is 0.772.